The number of aldehydes is 1. The molecule has 0 amide bonds. The molecule has 16 heavy (non-hydrogen) atoms. The summed E-state index contributed by atoms with van der Waals surface area (Å²) in [5.41, 5.74) is 1.16. The van der Waals surface area contributed by atoms with Crippen molar-refractivity contribution in [3.8, 4) is 5.75 Å². The Kier molecular flexibility index (Phi) is 3.57. The van der Waals surface area contributed by atoms with Crippen molar-refractivity contribution in [2.75, 3.05) is 20.1 Å². The molecule has 1 saturated heterocycles. The van der Waals surface area contributed by atoms with Crippen molar-refractivity contribution in [1.29, 1.82) is 0 Å². The molecule has 1 aliphatic rings. The van der Waals surface area contributed by atoms with Crippen molar-refractivity contribution in [2.45, 2.75) is 18.9 Å². The SMILES string of the molecule is CN1CC(Oc2cccc(CCC=O)c2)C1. The average Bonchev–Trinajstić information content (AvgIpc) is 2.25. The smallest absolute Gasteiger partial charge is 0.124 e. The van der Waals surface area contributed by atoms with Gasteiger partial charge in [-0.1, -0.05) is 12.1 Å². The minimum atomic E-state index is 0.325. The van der Waals surface area contributed by atoms with E-state index in [1.165, 1.54) is 0 Å². The van der Waals surface area contributed by atoms with Crippen LogP contribution in [0.3, 0.4) is 0 Å². The first-order valence-electron chi connectivity index (χ1n) is 5.65. The summed E-state index contributed by atoms with van der Waals surface area (Å²) in [5, 5.41) is 0. The molecule has 3 nitrogen and oxygen atoms in total. The van der Waals surface area contributed by atoms with Crippen molar-refractivity contribution >= 4 is 6.29 Å². The van der Waals surface area contributed by atoms with Gasteiger partial charge in [0.2, 0.25) is 0 Å². The molecule has 0 saturated carbocycles. The lowest BCUT2D eigenvalue weighted by molar-refractivity contribution is -0.107. The third-order valence-corrected chi connectivity index (χ3v) is 2.78. The van der Waals surface area contributed by atoms with E-state index in [9.17, 15) is 4.79 Å². The van der Waals surface area contributed by atoms with Gasteiger partial charge in [0, 0.05) is 19.5 Å². The molecule has 1 fully saturated rings. The zero-order valence-corrected chi connectivity index (χ0v) is 9.56. The highest BCUT2D eigenvalue weighted by atomic mass is 16.5. The first-order chi connectivity index (χ1) is 7.78. The van der Waals surface area contributed by atoms with E-state index in [1.54, 1.807) is 0 Å². The number of carbonyl (C=O) groups is 1. The van der Waals surface area contributed by atoms with E-state index in [4.69, 9.17) is 4.74 Å². The second-order valence-electron chi connectivity index (χ2n) is 4.31. The number of ether oxygens (including phenoxy) is 1. The Hall–Kier alpha value is -1.35. The molecule has 86 valence electrons. The highest BCUT2D eigenvalue weighted by molar-refractivity contribution is 5.50. The quantitative estimate of drug-likeness (QED) is 0.703. The number of nitrogens with zero attached hydrogens (tertiary/aromatic N) is 1. The van der Waals surface area contributed by atoms with Crippen LogP contribution in [0, 0.1) is 0 Å². The fraction of sp³-hybridized carbons (Fsp3) is 0.462. The lowest BCUT2D eigenvalue weighted by Crippen LogP contribution is -2.51. The molecule has 2 rings (SSSR count). The van der Waals surface area contributed by atoms with Crippen LogP contribution in [0.4, 0.5) is 0 Å². The number of aryl methyl sites for hydroxylation is 1. The normalized spacial score (nSPS) is 16.8. The van der Waals surface area contributed by atoms with Gasteiger partial charge < -0.3 is 9.53 Å². The van der Waals surface area contributed by atoms with Crippen molar-refractivity contribution in [3.63, 3.8) is 0 Å². The van der Waals surface area contributed by atoms with E-state index < -0.39 is 0 Å². The summed E-state index contributed by atoms with van der Waals surface area (Å²) in [7, 11) is 2.08. The number of rotatable bonds is 5. The van der Waals surface area contributed by atoms with Crippen LogP contribution >= 0.6 is 0 Å². The summed E-state index contributed by atoms with van der Waals surface area (Å²) in [4.78, 5) is 12.5. The Morgan fingerprint density at radius 2 is 2.31 bits per heavy atom. The van der Waals surface area contributed by atoms with Crippen LogP contribution in [0.15, 0.2) is 24.3 Å². The minimum Gasteiger partial charge on any atom is -0.488 e. The van der Waals surface area contributed by atoms with Crippen LogP contribution < -0.4 is 4.74 Å². The van der Waals surface area contributed by atoms with Gasteiger partial charge in [0.15, 0.2) is 0 Å². The minimum absolute atomic E-state index is 0.325. The van der Waals surface area contributed by atoms with Gasteiger partial charge in [-0.25, -0.2) is 0 Å². The van der Waals surface area contributed by atoms with E-state index in [1.807, 2.05) is 24.3 Å². The molecule has 1 aromatic carbocycles. The maximum atomic E-state index is 10.3. The molecule has 3 heteroatoms. The number of benzene rings is 1. The molecule has 0 aliphatic carbocycles. The van der Waals surface area contributed by atoms with Crippen LogP contribution in [0.1, 0.15) is 12.0 Å². The second kappa shape index (κ2) is 5.12. The first kappa shape index (κ1) is 11.1. The van der Waals surface area contributed by atoms with E-state index in [2.05, 4.69) is 11.9 Å². The molecule has 0 atom stereocenters. The molecule has 0 unspecified atom stereocenters. The number of likely N-dealkylation sites (tertiary alicyclic amines) is 1. The summed E-state index contributed by atoms with van der Waals surface area (Å²) in [6, 6.07) is 8.02. The van der Waals surface area contributed by atoms with Crippen LogP contribution in [-0.4, -0.2) is 37.4 Å². The Labute approximate surface area is 96.0 Å². The summed E-state index contributed by atoms with van der Waals surface area (Å²) >= 11 is 0. The Bertz CT molecular complexity index is 359. The molecular formula is C13H17NO2. The van der Waals surface area contributed by atoms with Gasteiger partial charge >= 0.3 is 0 Å². The van der Waals surface area contributed by atoms with Crippen LogP contribution in [0.25, 0.3) is 0 Å². The molecule has 1 aromatic rings. The molecule has 0 radical (unpaired) electrons. The van der Waals surface area contributed by atoms with Crippen LogP contribution in [0.2, 0.25) is 0 Å². The summed E-state index contributed by atoms with van der Waals surface area (Å²) in [6.45, 7) is 2.00. The second-order valence-corrected chi connectivity index (χ2v) is 4.31. The summed E-state index contributed by atoms with van der Waals surface area (Å²) < 4.78 is 5.81. The third-order valence-electron chi connectivity index (χ3n) is 2.78. The standard InChI is InChI=1S/C13H17NO2/c1-14-9-13(10-14)16-12-6-2-4-11(8-12)5-3-7-15/h2,4,6-8,13H,3,5,9-10H2,1H3. The maximum absolute atomic E-state index is 10.3. The van der Waals surface area contributed by atoms with Crippen LogP contribution in [0.5, 0.6) is 5.75 Å². The Morgan fingerprint density at radius 1 is 1.50 bits per heavy atom. The zero-order chi connectivity index (χ0) is 11.4. The fourth-order valence-electron chi connectivity index (χ4n) is 1.91. The van der Waals surface area contributed by atoms with Crippen molar-refractivity contribution in [2.24, 2.45) is 0 Å². The predicted octanol–water partition coefficient (Wildman–Crippen LogP) is 1.51. The summed E-state index contributed by atoms with van der Waals surface area (Å²) in [6.07, 6.45) is 2.65. The largest absolute Gasteiger partial charge is 0.488 e. The lowest BCUT2D eigenvalue weighted by atomic mass is 10.1. The van der Waals surface area contributed by atoms with Gasteiger partial charge in [-0.05, 0) is 31.2 Å². The van der Waals surface area contributed by atoms with Crippen molar-refractivity contribution in [1.82, 2.24) is 4.90 Å². The van der Waals surface area contributed by atoms with Gasteiger partial charge in [-0.3, -0.25) is 4.90 Å². The zero-order valence-electron chi connectivity index (χ0n) is 9.56. The lowest BCUT2D eigenvalue weighted by Gasteiger charge is -2.36. The number of likely N-dealkylation sites (N-methyl/N-ethyl adjacent to an activating group) is 1. The van der Waals surface area contributed by atoms with E-state index in [0.717, 1.165) is 37.1 Å². The number of hydrogen-bond donors (Lipinski definition) is 0. The topological polar surface area (TPSA) is 29.5 Å². The molecule has 0 spiro atoms. The maximum Gasteiger partial charge on any atom is 0.124 e. The molecule has 0 N–H and O–H groups in total. The van der Waals surface area contributed by atoms with Crippen molar-refractivity contribution in [3.05, 3.63) is 29.8 Å². The molecular weight excluding hydrogens is 202 g/mol. The molecule has 1 heterocycles. The molecule has 1 aliphatic heterocycles. The van der Waals surface area contributed by atoms with E-state index in [0.29, 0.717) is 12.5 Å². The fourth-order valence-corrected chi connectivity index (χ4v) is 1.91. The van der Waals surface area contributed by atoms with Gasteiger partial charge in [0.25, 0.3) is 0 Å². The number of hydrogen-bond acceptors (Lipinski definition) is 3. The Balaban J connectivity index is 1.91. The average molecular weight is 219 g/mol. The Morgan fingerprint density at radius 3 is 3.00 bits per heavy atom. The summed E-state index contributed by atoms with van der Waals surface area (Å²) in [5.74, 6) is 0.918. The third kappa shape index (κ3) is 2.83. The van der Waals surface area contributed by atoms with Crippen molar-refractivity contribution < 1.29 is 9.53 Å². The van der Waals surface area contributed by atoms with Crippen LogP contribution in [-0.2, 0) is 11.2 Å². The van der Waals surface area contributed by atoms with E-state index >= 15 is 0 Å². The van der Waals surface area contributed by atoms with Gasteiger partial charge in [-0.2, -0.15) is 0 Å². The highest BCUT2D eigenvalue weighted by Crippen LogP contribution is 2.19. The molecule has 0 aromatic heterocycles. The van der Waals surface area contributed by atoms with Gasteiger partial charge in [0.05, 0.1) is 0 Å². The number of carbonyl (C=O) groups excluding carboxylic acids is 1. The van der Waals surface area contributed by atoms with Gasteiger partial charge in [-0.15, -0.1) is 0 Å². The van der Waals surface area contributed by atoms with Gasteiger partial charge in [0.1, 0.15) is 18.1 Å². The highest BCUT2D eigenvalue weighted by Gasteiger charge is 2.24. The first-order valence-corrected chi connectivity index (χ1v) is 5.65. The monoisotopic (exact) mass is 219 g/mol. The predicted molar refractivity (Wildman–Crippen MR) is 62.7 cm³/mol. The molecule has 0 bridgehead atoms. The van der Waals surface area contributed by atoms with E-state index in [-0.39, 0.29) is 0 Å².